The van der Waals surface area contributed by atoms with E-state index in [1.165, 1.54) is 45.8 Å². The first-order chi connectivity index (χ1) is 20.9. The molecule has 0 radical (unpaired) electrons. The number of fused-ring (bicyclic) bond motifs is 1. The summed E-state index contributed by atoms with van der Waals surface area (Å²) in [6.45, 7) is 10.8. The molecule has 224 valence electrons. The highest BCUT2D eigenvalue weighted by atomic mass is 16.5. The standard InChI is InChI=1S/C34H38N4O5/c1-21-7-5-8-26(30-9-6-10-31(36-30)38-33(41-4)27(18-35-38)34(39)40)32(21)43-16-11-24-17-22(2)28-19-37(20-29(28)23(24)3)25-12-14-42-15-13-25/h5-10,17-18,25H,11-16,19-20H2,1-4H3,(H,39,40). The molecule has 1 saturated heterocycles. The molecule has 2 aromatic carbocycles. The van der Waals surface area contributed by atoms with E-state index in [-0.39, 0.29) is 11.4 Å². The zero-order valence-corrected chi connectivity index (χ0v) is 25.2. The summed E-state index contributed by atoms with van der Waals surface area (Å²) < 4.78 is 18.8. The van der Waals surface area contributed by atoms with Gasteiger partial charge in [0, 0.05) is 44.3 Å². The van der Waals surface area contributed by atoms with E-state index in [0.29, 0.717) is 24.2 Å². The van der Waals surface area contributed by atoms with E-state index in [2.05, 4.69) is 29.9 Å². The number of aromatic carboxylic acids is 1. The van der Waals surface area contributed by atoms with E-state index in [1.54, 1.807) is 6.07 Å². The lowest BCUT2D eigenvalue weighted by Gasteiger charge is -2.30. The molecule has 0 aliphatic carbocycles. The van der Waals surface area contributed by atoms with Crippen molar-refractivity contribution in [3.8, 4) is 28.7 Å². The number of aryl methyl sites for hydroxylation is 2. The zero-order valence-electron chi connectivity index (χ0n) is 25.2. The van der Waals surface area contributed by atoms with Crippen LogP contribution in [0.3, 0.4) is 0 Å². The van der Waals surface area contributed by atoms with Gasteiger partial charge < -0.3 is 19.3 Å². The molecule has 0 atom stereocenters. The highest BCUT2D eigenvalue weighted by Crippen LogP contribution is 2.36. The summed E-state index contributed by atoms with van der Waals surface area (Å²) in [5.74, 6) is 0.244. The molecule has 0 amide bonds. The Balaban J connectivity index is 1.21. The van der Waals surface area contributed by atoms with Crippen molar-refractivity contribution in [2.75, 3.05) is 26.9 Å². The van der Waals surface area contributed by atoms with Crippen molar-refractivity contribution in [3.63, 3.8) is 0 Å². The van der Waals surface area contributed by atoms with Crippen LogP contribution in [-0.4, -0.2) is 63.7 Å². The maximum absolute atomic E-state index is 11.6. The van der Waals surface area contributed by atoms with Gasteiger partial charge in [0.2, 0.25) is 5.88 Å². The molecule has 2 aromatic heterocycles. The van der Waals surface area contributed by atoms with Gasteiger partial charge in [-0.3, -0.25) is 4.90 Å². The molecule has 1 fully saturated rings. The highest BCUT2D eigenvalue weighted by Gasteiger charge is 2.30. The number of para-hydroxylation sites is 1. The average Bonchev–Trinajstić information content (AvgIpc) is 3.67. The number of nitrogens with zero attached hydrogens (tertiary/aromatic N) is 4. The van der Waals surface area contributed by atoms with Crippen LogP contribution in [-0.2, 0) is 24.2 Å². The fourth-order valence-corrected chi connectivity index (χ4v) is 6.42. The lowest BCUT2D eigenvalue weighted by molar-refractivity contribution is 0.0325. The van der Waals surface area contributed by atoms with Crippen LogP contribution < -0.4 is 9.47 Å². The first-order valence-corrected chi connectivity index (χ1v) is 14.8. The number of carboxylic acid groups (broad SMARTS) is 1. The number of hydrogen-bond acceptors (Lipinski definition) is 7. The zero-order chi connectivity index (χ0) is 30.1. The number of ether oxygens (including phenoxy) is 3. The normalized spacial score (nSPS) is 15.4. The molecule has 4 heterocycles. The predicted octanol–water partition coefficient (Wildman–Crippen LogP) is 5.68. The van der Waals surface area contributed by atoms with Gasteiger partial charge in [-0.2, -0.15) is 9.78 Å². The maximum atomic E-state index is 11.6. The molecule has 0 unspecified atom stereocenters. The van der Waals surface area contributed by atoms with Crippen molar-refractivity contribution in [1.82, 2.24) is 19.7 Å². The van der Waals surface area contributed by atoms with Crippen LogP contribution in [0.2, 0.25) is 0 Å². The Morgan fingerprint density at radius 2 is 1.81 bits per heavy atom. The Labute approximate surface area is 252 Å². The van der Waals surface area contributed by atoms with Crippen molar-refractivity contribution < 1.29 is 24.1 Å². The summed E-state index contributed by atoms with van der Waals surface area (Å²) in [5, 5.41) is 13.7. The summed E-state index contributed by atoms with van der Waals surface area (Å²) in [7, 11) is 1.42. The van der Waals surface area contributed by atoms with Gasteiger partial charge in [-0.15, -0.1) is 0 Å². The lowest BCUT2D eigenvalue weighted by Crippen LogP contribution is -2.35. The van der Waals surface area contributed by atoms with Crippen LogP contribution in [0, 0.1) is 20.8 Å². The molecule has 0 spiro atoms. The van der Waals surface area contributed by atoms with E-state index in [0.717, 1.165) is 62.4 Å². The van der Waals surface area contributed by atoms with Crippen molar-refractivity contribution in [3.05, 3.63) is 87.6 Å². The third-order valence-electron chi connectivity index (χ3n) is 8.80. The number of hydrogen-bond donors (Lipinski definition) is 1. The van der Waals surface area contributed by atoms with E-state index in [9.17, 15) is 9.90 Å². The highest BCUT2D eigenvalue weighted by molar-refractivity contribution is 5.90. The van der Waals surface area contributed by atoms with Crippen LogP contribution in [0.5, 0.6) is 11.6 Å². The number of carbonyl (C=O) groups is 1. The number of aromatic nitrogens is 3. The van der Waals surface area contributed by atoms with Crippen LogP contribution in [0.15, 0.2) is 48.7 Å². The van der Waals surface area contributed by atoms with Gasteiger partial charge in [0.05, 0.1) is 25.6 Å². The number of carboxylic acids is 1. The minimum Gasteiger partial charge on any atom is -0.492 e. The van der Waals surface area contributed by atoms with Gasteiger partial charge in [-0.25, -0.2) is 9.78 Å². The van der Waals surface area contributed by atoms with Crippen LogP contribution >= 0.6 is 0 Å². The van der Waals surface area contributed by atoms with Crippen molar-refractivity contribution in [2.24, 2.45) is 0 Å². The van der Waals surface area contributed by atoms with E-state index in [1.807, 2.05) is 37.3 Å². The van der Waals surface area contributed by atoms with Crippen LogP contribution in [0.4, 0.5) is 0 Å². The summed E-state index contributed by atoms with van der Waals surface area (Å²) in [6, 6.07) is 14.5. The third-order valence-corrected chi connectivity index (χ3v) is 8.80. The maximum Gasteiger partial charge on any atom is 0.342 e. The minimum atomic E-state index is -1.11. The molecule has 0 bridgehead atoms. The SMILES string of the molecule is COc1c(C(=O)O)cnn1-c1cccc(-c2cccc(C)c2OCCc2cc(C)c3c(c2C)CN(C2CCOCC2)C3)n1. The number of rotatable bonds is 9. The molecule has 6 rings (SSSR count). The summed E-state index contributed by atoms with van der Waals surface area (Å²) in [4.78, 5) is 19.0. The van der Waals surface area contributed by atoms with Gasteiger partial charge in [0.15, 0.2) is 5.82 Å². The summed E-state index contributed by atoms with van der Waals surface area (Å²) >= 11 is 0. The van der Waals surface area contributed by atoms with E-state index in [4.69, 9.17) is 19.2 Å². The minimum absolute atomic E-state index is 0.0253. The number of methoxy groups -OCH3 is 1. The molecule has 1 N–H and O–H groups in total. The number of pyridine rings is 1. The first-order valence-electron chi connectivity index (χ1n) is 14.8. The van der Waals surface area contributed by atoms with Crippen molar-refractivity contribution in [1.29, 1.82) is 0 Å². The molecular formula is C34H38N4O5. The predicted molar refractivity (Wildman–Crippen MR) is 163 cm³/mol. The second-order valence-electron chi connectivity index (χ2n) is 11.4. The molecule has 2 aliphatic heterocycles. The molecule has 43 heavy (non-hydrogen) atoms. The number of benzene rings is 2. The first kappa shape index (κ1) is 28.9. The Bertz CT molecular complexity index is 1660. The Hall–Kier alpha value is -4.21. The van der Waals surface area contributed by atoms with Gasteiger partial charge in [-0.05, 0) is 85.2 Å². The van der Waals surface area contributed by atoms with E-state index >= 15 is 0 Å². The second kappa shape index (κ2) is 12.2. The lowest BCUT2D eigenvalue weighted by atomic mass is 9.93. The molecule has 9 nitrogen and oxygen atoms in total. The largest absolute Gasteiger partial charge is 0.492 e. The van der Waals surface area contributed by atoms with Gasteiger partial charge in [0.25, 0.3) is 0 Å². The molecule has 9 heteroatoms. The van der Waals surface area contributed by atoms with Gasteiger partial charge in [-0.1, -0.05) is 24.3 Å². The Kier molecular flexibility index (Phi) is 8.19. The smallest absolute Gasteiger partial charge is 0.342 e. The second-order valence-corrected chi connectivity index (χ2v) is 11.4. The third kappa shape index (κ3) is 5.62. The Morgan fingerprint density at radius 3 is 2.58 bits per heavy atom. The fraction of sp³-hybridized carbons (Fsp3) is 0.382. The van der Waals surface area contributed by atoms with E-state index < -0.39 is 5.97 Å². The average molecular weight is 583 g/mol. The molecular weight excluding hydrogens is 544 g/mol. The monoisotopic (exact) mass is 582 g/mol. The molecule has 0 saturated carbocycles. The summed E-state index contributed by atoms with van der Waals surface area (Å²) in [6.07, 6.45) is 4.30. The van der Waals surface area contributed by atoms with Crippen LogP contribution in [0.25, 0.3) is 17.1 Å². The van der Waals surface area contributed by atoms with Gasteiger partial charge in [0.1, 0.15) is 11.3 Å². The van der Waals surface area contributed by atoms with Crippen molar-refractivity contribution in [2.45, 2.75) is 59.2 Å². The quantitative estimate of drug-likeness (QED) is 0.269. The molecule has 4 aromatic rings. The van der Waals surface area contributed by atoms with Crippen LogP contribution in [0.1, 0.15) is 56.6 Å². The molecule has 2 aliphatic rings. The topological polar surface area (TPSA) is 98.9 Å². The fourth-order valence-electron chi connectivity index (χ4n) is 6.42. The summed E-state index contributed by atoms with van der Waals surface area (Å²) in [5.41, 5.74) is 9.61. The Morgan fingerprint density at radius 1 is 1.05 bits per heavy atom. The van der Waals surface area contributed by atoms with Crippen molar-refractivity contribution >= 4 is 5.97 Å². The van der Waals surface area contributed by atoms with Gasteiger partial charge >= 0.3 is 5.97 Å².